The number of phenolic OH excluding ortho intramolecular Hbond substituents is 1. The van der Waals surface area contributed by atoms with Crippen molar-refractivity contribution in [2.45, 2.75) is 26.4 Å². The second-order valence-electron chi connectivity index (χ2n) is 5.82. The second-order valence-corrected chi connectivity index (χ2v) is 5.82. The number of carbonyl (C=O) groups excluding carboxylic acids is 1. The van der Waals surface area contributed by atoms with E-state index in [4.69, 9.17) is 19.7 Å². The molecular weight excluding hydrogens is 302 g/mol. The number of nitrogens with two attached hydrogens (primary N) is 1. The van der Waals surface area contributed by atoms with E-state index in [0.29, 0.717) is 11.3 Å². The Hall–Kier alpha value is -2.90. The number of hydrogen-bond acceptors (Lipinski definition) is 7. The molecule has 8 nitrogen and oxygen atoms in total. The number of benzene rings is 1. The van der Waals surface area contributed by atoms with Crippen molar-refractivity contribution in [3.05, 3.63) is 18.2 Å². The van der Waals surface area contributed by atoms with Crippen molar-refractivity contribution in [1.82, 2.24) is 5.16 Å². The van der Waals surface area contributed by atoms with Crippen LogP contribution in [0, 0.1) is 0 Å². The highest BCUT2D eigenvalue weighted by molar-refractivity contribution is 5.89. The van der Waals surface area contributed by atoms with Crippen LogP contribution < -0.4 is 15.8 Å². The minimum absolute atomic E-state index is 0.114. The maximum atomic E-state index is 11.9. The lowest BCUT2D eigenvalue weighted by molar-refractivity contribution is 0.0635. The summed E-state index contributed by atoms with van der Waals surface area (Å²) < 4.78 is 15.3. The standard InChI is InChI=1S/C15H19N3O5/c1-15(2,3)22-14(20)17-9-5-8(6-11(21-4)13(9)19)10-7-12(16)18-23-10/h5-7,19H,1-4H3,(H2,16,18)(H,17,20). The molecule has 0 aliphatic heterocycles. The van der Waals surface area contributed by atoms with Gasteiger partial charge in [0.05, 0.1) is 12.8 Å². The number of rotatable bonds is 3. The number of hydrogen-bond donors (Lipinski definition) is 3. The third-order valence-electron chi connectivity index (χ3n) is 2.74. The summed E-state index contributed by atoms with van der Waals surface area (Å²) in [5.41, 5.74) is 5.50. The summed E-state index contributed by atoms with van der Waals surface area (Å²) in [6.07, 6.45) is -0.705. The first-order valence-electron chi connectivity index (χ1n) is 6.83. The smallest absolute Gasteiger partial charge is 0.412 e. The molecule has 124 valence electrons. The van der Waals surface area contributed by atoms with Crippen LogP contribution in [-0.4, -0.2) is 29.1 Å². The lowest BCUT2D eigenvalue weighted by atomic mass is 10.1. The van der Waals surface area contributed by atoms with Crippen LogP contribution in [-0.2, 0) is 4.74 Å². The fraction of sp³-hybridized carbons (Fsp3) is 0.333. The highest BCUT2D eigenvalue weighted by Crippen LogP contribution is 2.39. The molecule has 0 atom stereocenters. The van der Waals surface area contributed by atoms with E-state index in [1.807, 2.05) is 0 Å². The van der Waals surface area contributed by atoms with Gasteiger partial charge in [0.1, 0.15) is 5.60 Å². The maximum Gasteiger partial charge on any atom is 0.412 e. The van der Waals surface area contributed by atoms with E-state index in [1.54, 1.807) is 20.8 Å². The van der Waals surface area contributed by atoms with E-state index in [2.05, 4.69) is 10.5 Å². The lowest BCUT2D eigenvalue weighted by Crippen LogP contribution is -2.27. The van der Waals surface area contributed by atoms with Gasteiger partial charge in [0.2, 0.25) is 0 Å². The van der Waals surface area contributed by atoms with Crippen molar-refractivity contribution in [3.63, 3.8) is 0 Å². The van der Waals surface area contributed by atoms with Gasteiger partial charge in [-0.15, -0.1) is 0 Å². The Morgan fingerprint density at radius 1 is 1.35 bits per heavy atom. The molecule has 0 fully saturated rings. The number of nitrogen functional groups attached to an aromatic ring is 1. The van der Waals surface area contributed by atoms with E-state index in [-0.39, 0.29) is 23.0 Å². The molecule has 0 bridgehead atoms. The number of anilines is 2. The van der Waals surface area contributed by atoms with Crippen LogP contribution in [0.5, 0.6) is 11.5 Å². The largest absolute Gasteiger partial charge is 0.503 e. The van der Waals surface area contributed by atoms with E-state index in [0.717, 1.165) is 0 Å². The first kappa shape index (κ1) is 16.5. The minimum Gasteiger partial charge on any atom is -0.503 e. The number of methoxy groups -OCH3 is 1. The van der Waals surface area contributed by atoms with Gasteiger partial charge < -0.3 is 24.8 Å². The fourth-order valence-corrected chi connectivity index (χ4v) is 1.84. The van der Waals surface area contributed by atoms with Crippen LogP contribution in [0.4, 0.5) is 16.3 Å². The molecule has 0 saturated heterocycles. The zero-order chi connectivity index (χ0) is 17.2. The summed E-state index contributed by atoms with van der Waals surface area (Å²) in [4.78, 5) is 11.9. The number of aromatic hydroxyl groups is 1. The van der Waals surface area contributed by atoms with Gasteiger partial charge in [-0.2, -0.15) is 0 Å². The van der Waals surface area contributed by atoms with Crippen LogP contribution in [0.15, 0.2) is 22.7 Å². The van der Waals surface area contributed by atoms with Crippen molar-refractivity contribution < 1.29 is 23.9 Å². The van der Waals surface area contributed by atoms with Gasteiger partial charge in [-0.25, -0.2) is 4.79 Å². The average Bonchev–Trinajstić information content (AvgIpc) is 2.85. The van der Waals surface area contributed by atoms with Gasteiger partial charge in [-0.3, -0.25) is 5.32 Å². The van der Waals surface area contributed by atoms with Crippen LogP contribution in [0.25, 0.3) is 11.3 Å². The normalized spacial score (nSPS) is 11.1. The minimum atomic E-state index is -0.705. The van der Waals surface area contributed by atoms with Crippen LogP contribution in [0.2, 0.25) is 0 Å². The van der Waals surface area contributed by atoms with Crippen molar-refractivity contribution in [3.8, 4) is 22.8 Å². The molecule has 0 unspecified atom stereocenters. The highest BCUT2D eigenvalue weighted by Gasteiger charge is 2.20. The molecule has 0 radical (unpaired) electrons. The SMILES string of the molecule is COc1cc(-c2cc(N)no2)cc(NC(=O)OC(C)(C)C)c1O. The zero-order valence-corrected chi connectivity index (χ0v) is 13.3. The van der Waals surface area contributed by atoms with E-state index < -0.39 is 11.7 Å². The van der Waals surface area contributed by atoms with Gasteiger partial charge in [0.15, 0.2) is 23.1 Å². The Kier molecular flexibility index (Phi) is 4.35. The van der Waals surface area contributed by atoms with Crippen LogP contribution in [0.1, 0.15) is 20.8 Å². The summed E-state index contributed by atoms with van der Waals surface area (Å²) in [5.74, 6) is 0.514. The molecule has 0 saturated carbocycles. The summed E-state index contributed by atoms with van der Waals surface area (Å²) in [5, 5.41) is 16.2. The topological polar surface area (TPSA) is 120 Å². The zero-order valence-electron chi connectivity index (χ0n) is 13.3. The van der Waals surface area contributed by atoms with Gasteiger partial charge in [-0.1, -0.05) is 5.16 Å². The first-order valence-corrected chi connectivity index (χ1v) is 6.83. The molecule has 1 aromatic carbocycles. The molecule has 0 aliphatic rings. The number of phenols is 1. The molecule has 1 heterocycles. The van der Waals surface area contributed by atoms with Gasteiger partial charge in [-0.05, 0) is 32.9 Å². The molecule has 8 heteroatoms. The quantitative estimate of drug-likeness (QED) is 0.743. The molecule has 1 amide bonds. The summed E-state index contributed by atoms with van der Waals surface area (Å²) in [6.45, 7) is 5.21. The Morgan fingerprint density at radius 2 is 2.04 bits per heavy atom. The van der Waals surface area contributed by atoms with Crippen molar-refractivity contribution >= 4 is 17.6 Å². The summed E-state index contributed by atoms with van der Waals surface area (Å²) in [7, 11) is 1.39. The second kappa shape index (κ2) is 6.07. The molecular formula is C15H19N3O5. The Morgan fingerprint density at radius 3 is 2.57 bits per heavy atom. The molecule has 2 aromatic rings. The number of aromatic nitrogens is 1. The number of nitrogens with one attached hydrogen (secondary N) is 1. The van der Waals surface area contributed by atoms with E-state index in [1.165, 1.54) is 25.3 Å². The van der Waals surface area contributed by atoms with Gasteiger partial charge in [0, 0.05) is 11.6 Å². The van der Waals surface area contributed by atoms with E-state index in [9.17, 15) is 9.90 Å². The summed E-state index contributed by atoms with van der Waals surface area (Å²) >= 11 is 0. The Balaban J connectivity index is 2.36. The van der Waals surface area contributed by atoms with Gasteiger partial charge in [0.25, 0.3) is 0 Å². The van der Waals surface area contributed by atoms with Crippen LogP contribution in [0.3, 0.4) is 0 Å². The number of carbonyl (C=O) groups is 1. The maximum absolute atomic E-state index is 11.9. The monoisotopic (exact) mass is 321 g/mol. The number of ether oxygens (including phenoxy) is 2. The van der Waals surface area contributed by atoms with E-state index >= 15 is 0 Å². The highest BCUT2D eigenvalue weighted by atomic mass is 16.6. The average molecular weight is 321 g/mol. The summed E-state index contributed by atoms with van der Waals surface area (Å²) in [6, 6.07) is 4.56. The molecule has 23 heavy (non-hydrogen) atoms. The Labute approximate surface area is 133 Å². The molecule has 4 N–H and O–H groups in total. The predicted octanol–water partition coefficient (Wildman–Crippen LogP) is 2.99. The van der Waals surface area contributed by atoms with Gasteiger partial charge >= 0.3 is 6.09 Å². The van der Waals surface area contributed by atoms with Crippen molar-refractivity contribution in [1.29, 1.82) is 0 Å². The third kappa shape index (κ3) is 4.06. The lowest BCUT2D eigenvalue weighted by Gasteiger charge is -2.20. The van der Waals surface area contributed by atoms with Crippen molar-refractivity contribution in [2.24, 2.45) is 0 Å². The first-order chi connectivity index (χ1) is 10.7. The predicted molar refractivity (Wildman–Crippen MR) is 84.4 cm³/mol. The van der Waals surface area contributed by atoms with Crippen molar-refractivity contribution in [2.75, 3.05) is 18.2 Å². The third-order valence-corrected chi connectivity index (χ3v) is 2.74. The molecule has 1 aromatic heterocycles. The number of amides is 1. The Bertz CT molecular complexity index is 718. The molecule has 0 aliphatic carbocycles. The fourth-order valence-electron chi connectivity index (χ4n) is 1.84. The van der Waals surface area contributed by atoms with Crippen LogP contribution >= 0.6 is 0 Å². The number of nitrogens with zero attached hydrogens (tertiary/aromatic N) is 1. The molecule has 0 spiro atoms. The molecule has 2 rings (SSSR count).